The Bertz CT molecular complexity index is 1150. The van der Waals surface area contributed by atoms with Crippen LogP contribution in [0.1, 0.15) is 6.92 Å². The van der Waals surface area contributed by atoms with Gasteiger partial charge in [0.2, 0.25) is 0 Å². The minimum atomic E-state index is -2.95. The van der Waals surface area contributed by atoms with E-state index in [0.29, 0.717) is 11.1 Å². The Balaban J connectivity index is 1.71. The number of fused-ring (bicyclic) bond motifs is 1. The number of H-pyrrole nitrogens is 1. The lowest BCUT2D eigenvalue weighted by Gasteiger charge is -2.12. The van der Waals surface area contributed by atoms with E-state index in [-0.39, 0.29) is 23.1 Å². The van der Waals surface area contributed by atoms with Crippen LogP contribution in [0.4, 0.5) is 23.4 Å². The second kappa shape index (κ2) is 6.55. The highest BCUT2D eigenvalue weighted by Crippen LogP contribution is 2.22. The summed E-state index contributed by atoms with van der Waals surface area (Å²) in [5.74, 6) is -4.82. The van der Waals surface area contributed by atoms with Gasteiger partial charge in [0.15, 0.2) is 23.1 Å². The summed E-state index contributed by atoms with van der Waals surface area (Å²) in [6.07, 6.45) is 2.76. The van der Waals surface area contributed by atoms with Gasteiger partial charge in [-0.1, -0.05) is 5.21 Å². The fraction of sp³-hybridized carbons (Fsp3) is 0.188. The number of alkyl halides is 2. The Morgan fingerprint density at radius 2 is 2.00 bits per heavy atom. The van der Waals surface area contributed by atoms with E-state index in [4.69, 9.17) is 0 Å². The molecule has 1 aromatic carbocycles. The molecule has 8 nitrogen and oxygen atoms in total. The first-order chi connectivity index (χ1) is 13.3. The third-order valence-corrected chi connectivity index (χ3v) is 3.75. The van der Waals surface area contributed by atoms with Crippen molar-refractivity contribution in [3.8, 4) is 17.2 Å². The van der Waals surface area contributed by atoms with E-state index in [1.165, 1.54) is 23.3 Å². The van der Waals surface area contributed by atoms with E-state index in [9.17, 15) is 17.6 Å². The predicted molar refractivity (Wildman–Crippen MR) is 91.1 cm³/mol. The van der Waals surface area contributed by atoms with Crippen LogP contribution in [-0.2, 0) is 0 Å². The molecule has 3 heterocycles. The fourth-order valence-electron chi connectivity index (χ4n) is 2.44. The Morgan fingerprint density at radius 3 is 2.75 bits per heavy atom. The lowest BCUT2D eigenvalue weighted by molar-refractivity contribution is 0.0367. The molecule has 2 N–H and O–H groups in total. The summed E-state index contributed by atoms with van der Waals surface area (Å²) in [6, 6.07) is 3.31. The minimum Gasteiger partial charge on any atom is -0.362 e. The molecule has 3 aromatic heterocycles. The molecule has 0 atom stereocenters. The molecule has 0 aliphatic rings. The normalized spacial score (nSPS) is 11.9. The van der Waals surface area contributed by atoms with Crippen molar-refractivity contribution in [2.45, 2.75) is 12.8 Å². The number of nitrogens with zero attached hydrogens (tertiary/aromatic N) is 6. The highest BCUT2D eigenvalue weighted by Gasteiger charge is 2.22. The molecule has 0 aliphatic heterocycles. The van der Waals surface area contributed by atoms with Crippen molar-refractivity contribution >= 4 is 17.0 Å². The molecule has 12 heteroatoms. The van der Waals surface area contributed by atoms with Crippen molar-refractivity contribution in [3.63, 3.8) is 0 Å². The number of anilines is 1. The maximum Gasteiger partial charge on any atom is 0.262 e. The van der Waals surface area contributed by atoms with Crippen LogP contribution in [0.3, 0.4) is 0 Å². The number of nitrogens with one attached hydrogen (secondary N) is 2. The van der Waals surface area contributed by atoms with Gasteiger partial charge in [0, 0.05) is 12.5 Å². The van der Waals surface area contributed by atoms with Crippen LogP contribution in [0.25, 0.3) is 28.4 Å². The first-order valence-electron chi connectivity index (χ1n) is 8.01. The zero-order chi connectivity index (χ0) is 19.9. The molecule has 0 radical (unpaired) electrons. The third-order valence-electron chi connectivity index (χ3n) is 3.75. The summed E-state index contributed by atoms with van der Waals surface area (Å²) in [6.45, 7) is 0.132. The first kappa shape index (κ1) is 17.8. The van der Waals surface area contributed by atoms with Crippen molar-refractivity contribution in [2.75, 3.05) is 11.9 Å². The number of rotatable bonds is 5. The van der Waals surface area contributed by atoms with E-state index >= 15 is 0 Å². The van der Waals surface area contributed by atoms with Gasteiger partial charge in [-0.25, -0.2) is 22.5 Å². The molecule has 4 rings (SSSR count). The van der Waals surface area contributed by atoms with Crippen LogP contribution in [-0.4, -0.2) is 47.4 Å². The maximum atomic E-state index is 13.4. The van der Waals surface area contributed by atoms with Crippen LogP contribution in [0.5, 0.6) is 0 Å². The molecule has 28 heavy (non-hydrogen) atoms. The number of hydrogen-bond acceptors (Lipinski definition) is 6. The lowest BCUT2D eigenvalue weighted by atomic mass is 10.1. The second-order valence-electron chi connectivity index (χ2n) is 6.07. The standard InChI is InChI=1S/C16H12F4N8/c1-16(19,20)6-21-13-12-14(23-7-22-12)25-15(24-13)28-5-11(26-27-28)8-2-3-9(17)10(18)4-8/h2-5,7H,6H2,1H3,(H2,21,22,23,24,25). The number of benzene rings is 1. The van der Waals surface area contributed by atoms with Gasteiger partial charge in [-0.3, -0.25) is 0 Å². The fourth-order valence-corrected chi connectivity index (χ4v) is 2.44. The average molecular weight is 392 g/mol. The number of aromatic amines is 1. The molecule has 144 valence electrons. The van der Waals surface area contributed by atoms with Gasteiger partial charge in [-0.2, -0.15) is 14.6 Å². The summed E-state index contributed by atoms with van der Waals surface area (Å²) < 4.78 is 54.1. The van der Waals surface area contributed by atoms with E-state index < -0.39 is 24.1 Å². The van der Waals surface area contributed by atoms with Gasteiger partial charge in [0.25, 0.3) is 11.9 Å². The molecule has 0 spiro atoms. The SMILES string of the molecule is CC(F)(F)CNc1nc(-n2cc(-c3ccc(F)c(F)c3)nn2)nc2nc[nH]c12. The summed E-state index contributed by atoms with van der Waals surface area (Å²) in [4.78, 5) is 15.2. The molecule has 0 amide bonds. The minimum absolute atomic E-state index is 0.0165. The van der Waals surface area contributed by atoms with Crippen molar-refractivity contribution < 1.29 is 17.6 Å². The number of aromatic nitrogens is 7. The molecule has 0 saturated carbocycles. The Hall–Kier alpha value is -3.57. The zero-order valence-electron chi connectivity index (χ0n) is 14.3. The summed E-state index contributed by atoms with van der Waals surface area (Å²) in [5, 5.41) is 10.3. The molecule has 0 aliphatic carbocycles. The number of halogens is 4. The Labute approximate surface area is 154 Å². The van der Waals surface area contributed by atoms with Crippen LogP contribution in [0, 0.1) is 11.6 Å². The quantitative estimate of drug-likeness (QED) is 0.507. The Kier molecular flexibility index (Phi) is 4.17. The Morgan fingerprint density at radius 1 is 1.18 bits per heavy atom. The molecule has 4 aromatic rings. The second-order valence-corrected chi connectivity index (χ2v) is 6.07. The van der Waals surface area contributed by atoms with Gasteiger partial charge in [-0.15, -0.1) is 5.10 Å². The maximum absolute atomic E-state index is 13.4. The molecular weight excluding hydrogens is 380 g/mol. The van der Waals surface area contributed by atoms with Crippen LogP contribution in [0.15, 0.2) is 30.7 Å². The summed E-state index contributed by atoms with van der Waals surface area (Å²) in [7, 11) is 0. The van der Waals surface area contributed by atoms with Gasteiger partial charge in [0.1, 0.15) is 11.2 Å². The van der Waals surface area contributed by atoms with Crippen molar-refractivity contribution in [1.29, 1.82) is 0 Å². The average Bonchev–Trinajstić information content (AvgIpc) is 3.30. The topological polar surface area (TPSA) is 97.2 Å². The van der Waals surface area contributed by atoms with Gasteiger partial charge in [0.05, 0.1) is 19.1 Å². The molecule has 0 unspecified atom stereocenters. The molecule has 0 saturated heterocycles. The monoisotopic (exact) mass is 392 g/mol. The smallest absolute Gasteiger partial charge is 0.262 e. The van der Waals surface area contributed by atoms with Crippen molar-refractivity contribution in [2.24, 2.45) is 0 Å². The van der Waals surface area contributed by atoms with Crippen LogP contribution in [0.2, 0.25) is 0 Å². The van der Waals surface area contributed by atoms with Crippen molar-refractivity contribution in [3.05, 3.63) is 42.4 Å². The van der Waals surface area contributed by atoms with Crippen LogP contribution < -0.4 is 5.32 Å². The highest BCUT2D eigenvalue weighted by atomic mass is 19.3. The first-order valence-corrected chi connectivity index (χ1v) is 8.01. The number of hydrogen-bond donors (Lipinski definition) is 2. The molecular formula is C16H12F4N8. The van der Waals surface area contributed by atoms with Gasteiger partial charge < -0.3 is 10.3 Å². The zero-order valence-corrected chi connectivity index (χ0v) is 14.3. The molecule has 0 bridgehead atoms. The van der Waals surface area contributed by atoms with Crippen LogP contribution >= 0.6 is 0 Å². The summed E-state index contributed by atoms with van der Waals surface area (Å²) >= 11 is 0. The third kappa shape index (κ3) is 3.48. The predicted octanol–water partition coefficient (Wildman–Crippen LogP) is 2.95. The van der Waals surface area contributed by atoms with E-state index in [0.717, 1.165) is 19.1 Å². The highest BCUT2D eigenvalue weighted by molar-refractivity contribution is 5.83. The summed E-state index contributed by atoms with van der Waals surface area (Å²) in [5.41, 5.74) is 1.14. The van der Waals surface area contributed by atoms with Crippen molar-refractivity contribution in [1.82, 2.24) is 34.9 Å². The van der Waals surface area contributed by atoms with E-state index in [1.54, 1.807) is 0 Å². The largest absolute Gasteiger partial charge is 0.362 e. The molecule has 0 fully saturated rings. The lowest BCUT2D eigenvalue weighted by Crippen LogP contribution is -2.23. The van der Waals surface area contributed by atoms with Gasteiger partial charge >= 0.3 is 0 Å². The van der Waals surface area contributed by atoms with E-state index in [2.05, 4.69) is 35.6 Å². The van der Waals surface area contributed by atoms with Gasteiger partial charge in [-0.05, 0) is 18.2 Å². The van der Waals surface area contributed by atoms with E-state index in [1.807, 2.05) is 0 Å². The number of imidazole rings is 1.